The molecule has 0 saturated carbocycles. The highest BCUT2D eigenvalue weighted by Crippen LogP contribution is 2.32. The van der Waals surface area contributed by atoms with Crippen molar-refractivity contribution in [3.8, 4) is 0 Å². The minimum absolute atomic E-state index is 0.159. The molecule has 5 nitrogen and oxygen atoms in total. The molecular formula is C22H29N3O2S. The van der Waals surface area contributed by atoms with Crippen molar-refractivity contribution in [2.45, 2.75) is 70.3 Å². The van der Waals surface area contributed by atoms with Crippen molar-refractivity contribution in [2.75, 3.05) is 17.3 Å². The maximum Gasteiger partial charge on any atom is 0.237 e. The summed E-state index contributed by atoms with van der Waals surface area (Å²) in [5, 5.41) is 0.928. The number of hydrogen-bond donors (Lipinski definition) is 0. The van der Waals surface area contributed by atoms with Gasteiger partial charge in [0.1, 0.15) is 0 Å². The smallest absolute Gasteiger partial charge is 0.237 e. The van der Waals surface area contributed by atoms with Crippen LogP contribution in [-0.4, -0.2) is 40.0 Å². The first-order valence-corrected chi connectivity index (χ1v) is 11.2. The first-order chi connectivity index (χ1) is 13.5. The quantitative estimate of drug-likeness (QED) is 0.709. The first-order valence-electron chi connectivity index (χ1n) is 10.2. The number of rotatable bonds is 5. The average Bonchev–Trinajstić information content (AvgIpc) is 3.30. The van der Waals surface area contributed by atoms with Gasteiger partial charge in [-0.15, -0.1) is 0 Å². The number of thioether (sulfide) groups is 1. The van der Waals surface area contributed by atoms with Gasteiger partial charge in [0.25, 0.3) is 0 Å². The Morgan fingerprint density at radius 2 is 2.11 bits per heavy atom. The minimum atomic E-state index is 0.159. The van der Waals surface area contributed by atoms with E-state index in [-0.39, 0.29) is 18.1 Å². The lowest BCUT2D eigenvalue weighted by molar-refractivity contribution is -0.116. The number of ether oxygens (including phenoxy) is 1. The molecule has 1 aromatic carbocycles. The molecule has 0 bridgehead atoms. The Bertz CT molecular complexity index is 857. The number of hydrogen-bond acceptors (Lipinski definition) is 4. The van der Waals surface area contributed by atoms with E-state index in [9.17, 15) is 4.79 Å². The molecule has 0 aliphatic carbocycles. The molecule has 0 radical (unpaired) electrons. The molecule has 1 fully saturated rings. The largest absolute Gasteiger partial charge is 0.376 e. The van der Waals surface area contributed by atoms with Gasteiger partial charge in [0, 0.05) is 24.0 Å². The summed E-state index contributed by atoms with van der Waals surface area (Å²) in [5.74, 6) is 0.562. The van der Waals surface area contributed by atoms with E-state index >= 15 is 0 Å². The number of aromatic nitrogens is 2. The molecule has 28 heavy (non-hydrogen) atoms. The Labute approximate surface area is 171 Å². The summed E-state index contributed by atoms with van der Waals surface area (Å²) in [6.45, 7) is 7.96. The van der Waals surface area contributed by atoms with Gasteiger partial charge in [0.2, 0.25) is 5.91 Å². The van der Waals surface area contributed by atoms with Crippen molar-refractivity contribution in [3.05, 3.63) is 41.2 Å². The molecule has 2 aliphatic rings. The second-order valence-corrected chi connectivity index (χ2v) is 8.82. The number of benzene rings is 1. The molecule has 2 aromatic rings. The van der Waals surface area contributed by atoms with Crippen LogP contribution in [0.2, 0.25) is 0 Å². The van der Waals surface area contributed by atoms with Crippen molar-refractivity contribution in [1.82, 2.24) is 9.55 Å². The van der Waals surface area contributed by atoms with Crippen molar-refractivity contribution < 1.29 is 9.53 Å². The molecule has 3 heterocycles. The lowest BCUT2D eigenvalue weighted by Gasteiger charge is -2.35. The summed E-state index contributed by atoms with van der Waals surface area (Å²) < 4.78 is 8.05. The summed E-state index contributed by atoms with van der Waals surface area (Å²) in [6.07, 6.45) is 4.54. The number of aryl methyl sites for hydroxylation is 2. The molecule has 2 aliphatic heterocycles. The number of fused-ring (bicyclic) bond motifs is 1. The molecule has 150 valence electrons. The Balaban J connectivity index is 1.49. The van der Waals surface area contributed by atoms with Gasteiger partial charge in [-0.1, -0.05) is 30.0 Å². The molecule has 2 atom stereocenters. The molecule has 0 N–H and O–H groups in total. The fraction of sp³-hybridized carbons (Fsp3) is 0.545. The second kappa shape index (κ2) is 8.29. The van der Waals surface area contributed by atoms with Gasteiger partial charge in [-0.3, -0.25) is 4.79 Å². The number of amides is 1. The average molecular weight is 400 g/mol. The molecule has 4 rings (SSSR count). The fourth-order valence-corrected chi connectivity index (χ4v) is 5.17. The fourth-order valence-electron chi connectivity index (χ4n) is 4.20. The zero-order chi connectivity index (χ0) is 19.7. The van der Waals surface area contributed by atoms with Gasteiger partial charge < -0.3 is 14.2 Å². The Morgan fingerprint density at radius 3 is 2.89 bits per heavy atom. The van der Waals surface area contributed by atoms with Crippen molar-refractivity contribution >= 4 is 23.4 Å². The summed E-state index contributed by atoms with van der Waals surface area (Å²) in [4.78, 5) is 19.9. The van der Waals surface area contributed by atoms with E-state index in [0.29, 0.717) is 5.75 Å². The van der Waals surface area contributed by atoms with Gasteiger partial charge in [-0.25, -0.2) is 4.98 Å². The molecular weight excluding hydrogens is 370 g/mol. The predicted octanol–water partition coefficient (Wildman–Crippen LogP) is 4.14. The minimum Gasteiger partial charge on any atom is -0.376 e. The molecule has 1 aromatic heterocycles. The highest BCUT2D eigenvalue weighted by atomic mass is 32.2. The van der Waals surface area contributed by atoms with Crippen LogP contribution in [0.15, 0.2) is 29.4 Å². The number of carbonyl (C=O) groups excluding carboxylic acids is 1. The molecule has 1 amide bonds. The van der Waals surface area contributed by atoms with Gasteiger partial charge in [-0.05, 0) is 58.1 Å². The summed E-state index contributed by atoms with van der Waals surface area (Å²) in [7, 11) is 0. The third-order valence-electron chi connectivity index (χ3n) is 5.95. The molecule has 1 saturated heterocycles. The SMILES string of the molecule is Cc1nc(SCC(=O)N2c3ccccc3CCC2C)n(CC2CCCO2)c1C. The normalized spacial score (nSPS) is 21.8. The van der Waals surface area contributed by atoms with E-state index in [0.717, 1.165) is 55.4 Å². The first kappa shape index (κ1) is 19.5. The van der Waals surface area contributed by atoms with Gasteiger partial charge >= 0.3 is 0 Å². The van der Waals surface area contributed by atoms with Crippen molar-refractivity contribution in [2.24, 2.45) is 0 Å². The maximum absolute atomic E-state index is 13.1. The van der Waals surface area contributed by atoms with Gasteiger partial charge in [-0.2, -0.15) is 0 Å². The van der Waals surface area contributed by atoms with Crippen LogP contribution >= 0.6 is 11.8 Å². The van der Waals surface area contributed by atoms with E-state index in [4.69, 9.17) is 9.72 Å². The van der Waals surface area contributed by atoms with Crippen molar-refractivity contribution in [1.29, 1.82) is 0 Å². The van der Waals surface area contributed by atoms with Crippen LogP contribution in [0, 0.1) is 13.8 Å². The van der Waals surface area contributed by atoms with Crippen LogP contribution in [-0.2, 0) is 22.5 Å². The molecule has 2 unspecified atom stereocenters. The van der Waals surface area contributed by atoms with Crippen LogP contribution < -0.4 is 4.90 Å². The predicted molar refractivity (Wildman–Crippen MR) is 113 cm³/mol. The summed E-state index contributed by atoms with van der Waals surface area (Å²) >= 11 is 1.55. The van der Waals surface area contributed by atoms with Crippen molar-refractivity contribution in [3.63, 3.8) is 0 Å². The number of para-hydroxylation sites is 1. The van der Waals surface area contributed by atoms with E-state index in [1.165, 1.54) is 11.3 Å². The summed E-state index contributed by atoms with van der Waals surface area (Å²) in [6, 6.07) is 8.51. The number of carbonyl (C=O) groups is 1. The van der Waals surface area contributed by atoms with E-state index in [1.807, 2.05) is 17.9 Å². The lowest BCUT2D eigenvalue weighted by Crippen LogP contribution is -2.43. The van der Waals surface area contributed by atoms with Crippen LogP contribution in [0.25, 0.3) is 0 Å². The van der Waals surface area contributed by atoms with Gasteiger partial charge in [0.15, 0.2) is 5.16 Å². The number of anilines is 1. The monoisotopic (exact) mass is 399 g/mol. The maximum atomic E-state index is 13.1. The Kier molecular flexibility index (Phi) is 5.78. The Morgan fingerprint density at radius 1 is 1.29 bits per heavy atom. The standard InChI is InChI=1S/C22H29N3O2S/c1-15-10-11-18-7-4-5-9-20(18)25(15)21(26)14-28-22-23-16(2)17(3)24(22)13-19-8-6-12-27-19/h4-5,7,9,15,19H,6,8,10-14H2,1-3H3. The molecule has 6 heteroatoms. The van der Waals surface area contributed by atoms with Gasteiger partial charge in [0.05, 0.1) is 24.1 Å². The zero-order valence-electron chi connectivity index (χ0n) is 17.0. The van der Waals surface area contributed by atoms with Crippen LogP contribution in [0.3, 0.4) is 0 Å². The lowest BCUT2D eigenvalue weighted by atomic mass is 9.97. The number of imidazole rings is 1. The molecule has 0 spiro atoms. The van der Waals surface area contributed by atoms with E-state index < -0.39 is 0 Å². The number of nitrogens with zero attached hydrogens (tertiary/aromatic N) is 3. The third kappa shape index (κ3) is 3.85. The van der Waals surface area contributed by atoms with Crippen LogP contribution in [0.5, 0.6) is 0 Å². The Hall–Kier alpha value is -1.79. The van der Waals surface area contributed by atoms with E-state index in [2.05, 4.69) is 36.6 Å². The zero-order valence-corrected chi connectivity index (χ0v) is 17.8. The second-order valence-electron chi connectivity index (χ2n) is 7.88. The van der Waals surface area contributed by atoms with Crippen LogP contribution in [0.1, 0.15) is 43.1 Å². The van der Waals surface area contributed by atoms with Crippen LogP contribution in [0.4, 0.5) is 5.69 Å². The third-order valence-corrected chi connectivity index (χ3v) is 6.91. The highest BCUT2D eigenvalue weighted by Gasteiger charge is 2.28. The topological polar surface area (TPSA) is 47.4 Å². The highest BCUT2D eigenvalue weighted by molar-refractivity contribution is 7.99. The van der Waals surface area contributed by atoms with E-state index in [1.54, 1.807) is 11.8 Å². The summed E-state index contributed by atoms with van der Waals surface area (Å²) in [5.41, 5.74) is 4.54.